The lowest BCUT2D eigenvalue weighted by atomic mass is 10.1. The van der Waals surface area contributed by atoms with Gasteiger partial charge in [-0.15, -0.1) is 0 Å². The van der Waals surface area contributed by atoms with E-state index < -0.39 is 0 Å². The summed E-state index contributed by atoms with van der Waals surface area (Å²) in [6, 6.07) is 7.01. The molecule has 0 amide bonds. The summed E-state index contributed by atoms with van der Waals surface area (Å²) in [7, 11) is 0. The lowest BCUT2D eigenvalue weighted by Gasteiger charge is -2.41. The highest BCUT2D eigenvalue weighted by atomic mass is 19.1. The quantitative estimate of drug-likeness (QED) is 0.834. The van der Waals surface area contributed by atoms with Gasteiger partial charge in [-0.25, -0.2) is 9.37 Å². The average Bonchev–Trinajstić information content (AvgIpc) is 3.06. The number of aliphatic hydroxyl groups excluding tert-OH is 1. The Balaban J connectivity index is 1.62. The molecule has 1 aliphatic heterocycles. The highest BCUT2D eigenvalue weighted by Crippen LogP contribution is 2.18. The lowest BCUT2D eigenvalue weighted by molar-refractivity contribution is 0.0482. The monoisotopic (exact) mass is 346 g/mol. The van der Waals surface area contributed by atoms with Crippen LogP contribution in [0.1, 0.15) is 24.7 Å². The predicted octanol–water partition coefficient (Wildman–Crippen LogP) is 2.11. The number of halogens is 1. The van der Waals surface area contributed by atoms with Crippen molar-refractivity contribution in [3.8, 4) is 0 Å². The second-order valence-electron chi connectivity index (χ2n) is 6.63. The van der Waals surface area contributed by atoms with Gasteiger partial charge in [0.15, 0.2) is 0 Å². The van der Waals surface area contributed by atoms with Crippen LogP contribution in [0, 0.1) is 5.82 Å². The van der Waals surface area contributed by atoms with Crippen molar-refractivity contribution in [3.05, 3.63) is 53.9 Å². The van der Waals surface area contributed by atoms with E-state index in [0.29, 0.717) is 6.04 Å². The minimum Gasteiger partial charge on any atom is -0.396 e. The maximum Gasteiger partial charge on any atom is 0.123 e. The van der Waals surface area contributed by atoms with E-state index >= 15 is 0 Å². The van der Waals surface area contributed by atoms with Crippen molar-refractivity contribution in [2.45, 2.75) is 39.0 Å². The van der Waals surface area contributed by atoms with Gasteiger partial charge in [-0.2, -0.15) is 0 Å². The van der Waals surface area contributed by atoms with Crippen molar-refractivity contribution < 1.29 is 9.50 Å². The molecule has 2 heterocycles. The fourth-order valence-electron chi connectivity index (χ4n) is 3.54. The van der Waals surface area contributed by atoms with Crippen LogP contribution in [0.3, 0.4) is 0 Å². The molecule has 1 fully saturated rings. The Morgan fingerprint density at radius 1 is 1.20 bits per heavy atom. The van der Waals surface area contributed by atoms with Gasteiger partial charge in [-0.05, 0) is 31.0 Å². The second kappa shape index (κ2) is 8.56. The molecule has 6 heteroatoms. The van der Waals surface area contributed by atoms with Crippen molar-refractivity contribution in [3.63, 3.8) is 0 Å². The Labute approximate surface area is 148 Å². The van der Waals surface area contributed by atoms with E-state index in [0.717, 1.165) is 57.1 Å². The van der Waals surface area contributed by atoms with Gasteiger partial charge in [0.2, 0.25) is 0 Å². The maximum absolute atomic E-state index is 13.1. The second-order valence-corrected chi connectivity index (χ2v) is 6.63. The van der Waals surface area contributed by atoms with Gasteiger partial charge in [0.1, 0.15) is 11.6 Å². The number of aryl methyl sites for hydroxylation is 1. The molecule has 1 N–H and O–H groups in total. The average molecular weight is 346 g/mol. The molecule has 1 saturated heterocycles. The first-order valence-corrected chi connectivity index (χ1v) is 9.01. The third kappa shape index (κ3) is 4.66. The Hall–Kier alpha value is -1.76. The largest absolute Gasteiger partial charge is 0.396 e. The molecular formula is C19H27FN4O. The molecule has 3 rings (SSSR count). The van der Waals surface area contributed by atoms with Crippen molar-refractivity contribution in [1.82, 2.24) is 19.4 Å². The number of aromatic nitrogens is 2. The summed E-state index contributed by atoms with van der Waals surface area (Å²) in [4.78, 5) is 9.28. The van der Waals surface area contributed by atoms with Gasteiger partial charge in [0, 0.05) is 57.8 Å². The van der Waals surface area contributed by atoms with Crippen LogP contribution in [0.5, 0.6) is 0 Å². The molecule has 2 aromatic rings. The summed E-state index contributed by atoms with van der Waals surface area (Å²) in [5.74, 6) is 0.893. The number of hydrogen-bond donors (Lipinski definition) is 1. The summed E-state index contributed by atoms with van der Waals surface area (Å²) >= 11 is 0. The summed E-state index contributed by atoms with van der Waals surface area (Å²) in [5.41, 5.74) is 1.11. The molecule has 0 saturated carbocycles. The van der Waals surface area contributed by atoms with E-state index in [4.69, 9.17) is 0 Å². The van der Waals surface area contributed by atoms with Gasteiger partial charge in [0.25, 0.3) is 0 Å². The first-order valence-electron chi connectivity index (χ1n) is 9.01. The van der Waals surface area contributed by atoms with E-state index in [1.165, 1.54) is 12.1 Å². The molecule has 0 aliphatic carbocycles. The van der Waals surface area contributed by atoms with Crippen LogP contribution in [0.2, 0.25) is 0 Å². The van der Waals surface area contributed by atoms with Crippen molar-refractivity contribution in [2.75, 3.05) is 26.2 Å². The van der Waals surface area contributed by atoms with Gasteiger partial charge in [0.05, 0.1) is 6.54 Å². The third-order valence-corrected chi connectivity index (χ3v) is 4.96. The molecule has 1 atom stereocenters. The SMILES string of the molecule is CCn1ccnc1CN1CCN(Cc2ccc(F)cc2)C(CCO)C1. The van der Waals surface area contributed by atoms with Crippen LogP contribution >= 0.6 is 0 Å². The Kier molecular flexibility index (Phi) is 6.18. The molecule has 5 nitrogen and oxygen atoms in total. The molecular weight excluding hydrogens is 319 g/mol. The molecule has 1 aromatic carbocycles. The molecule has 1 aromatic heterocycles. The molecule has 1 aliphatic rings. The highest BCUT2D eigenvalue weighted by molar-refractivity contribution is 5.16. The molecule has 1 unspecified atom stereocenters. The fourth-order valence-corrected chi connectivity index (χ4v) is 3.54. The highest BCUT2D eigenvalue weighted by Gasteiger charge is 2.27. The van der Waals surface area contributed by atoms with Crippen LogP contribution in [0.4, 0.5) is 4.39 Å². The van der Waals surface area contributed by atoms with Gasteiger partial charge >= 0.3 is 0 Å². The third-order valence-electron chi connectivity index (χ3n) is 4.96. The normalized spacial score (nSPS) is 19.4. The minimum atomic E-state index is -0.202. The molecule has 0 spiro atoms. The van der Waals surface area contributed by atoms with Crippen LogP contribution in [-0.2, 0) is 19.6 Å². The van der Waals surface area contributed by atoms with E-state index in [-0.39, 0.29) is 12.4 Å². The lowest BCUT2D eigenvalue weighted by Crippen LogP contribution is -2.52. The number of benzene rings is 1. The van der Waals surface area contributed by atoms with E-state index in [9.17, 15) is 9.50 Å². The number of aliphatic hydroxyl groups is 1. The zero-order valence-electron chi connectivity index (χ0n) is 14.8. The van der Waals surface area contributed by atoms with Gasteiger partial charge < -0.3 is 9.67 Å². The molecule has 136 valence electrons. The van der Waals surface area contributed by atoms with E-state index in [1.807, 2.05) is 24.5 Å². The van der Waals surface area contributed by atoms with Crippen molar-refractivity contribution in [2.24, 2.45) is 0 Å². The van der Waals surface area contributed by atoms with Crippen LogP contribution in [-0.4, -0.2) is 56.7 Å². The van der Waals surface area contributed by atoms with Crippen LogP contribution in [0.25, 0.3) is 0 Å². The Bertz CT molecular complexity index is 658. The zero-order valence-corrected chi connectivity index (χ0v) is 14.8. The number of nitrogens with zero attached hydrogens (tertiary/aromatic N) is 4. The topological polar surface area (TPSA) is 44.5 Å². The van der Waals surface area contributed by atoms with Crippen molar-refractivity contribution in [1.29, 1.82) is 0 Å². The van der Waals surface area contributed by atoms with Crippen molar-refractivity contribution >= 4 is 0 Å². The maximum atomic E-state index is 13.1. The van der Waals surface area contributed by atoms with Crippen LogP contribution in [0.15, 0.2) is 36.7 Å². The summed E-state index contributed by atoms with van der Waals surface area (Å²) in [6.07, 6.45) is 4.63. The van der Waals surface area contributed by atoms with Gasteiger partial charge in [-0.1, -0.05) is 12.1 Å². The first kappa shape index (κ1) is 18.0. The number of hydrogen-bond acceptors (Lipinski definition) is 4. The van der Waals surface area contributed by atoms with E-state index in [1.54, 1.807) is 0 Å². The molecule has 0 radical (unpaired) electrons. The number of piperazine rings is 1. The molecule has 25 heavy (non-hydrogen) atoms. The fraction of sp³-hybridized carbons (Fsp3) is 0.526. The first-order chi connectivity index (χ1) is 12.2. The molecule has 0 bridgehead atoms. The summed E-state index contributed by atoms with van der Waals surface area (Å²) in [5, 5.41) is 9.45. The predicted molar refractivity (Wildman–Crippen MR) is 95.5 cm³/mol. The Morgan fingerprint density at radius 3 is 2.72 bits per heavy atom. The Morgan fingerprint density at radius 2 is 2.00 bits per heavy atom. The number of rotatable bonds is 7. The summed E-state index contributed by atoms with van der Waals surface area (Å²) in [6.45, 7) is 7.70. The zero-order chi connectivity index (χ0) is 17.6. The van der Waals surface area contributed by atoms with Crippen LogP contribution < -0.4 is 0 Å². The smallest absolute Gasteiger partial charge is 0.123 e. The van der Waals surface area contributed by atoms with E-state index in [2.05, 4.69) is 26.3 Å². The summed E-state index contributed by atoms with van der Waals surface area (Å²) < 4.78 is 15.3. The minimum absolute atomic E-state index is 0.183. The number of imidazole rings is 1. The standard InChI is InChI=1S/C19H27FN4O/c1-2-23-9-8-21-19(23)15-22-10-11-24(18(14-22)7-12-25)13-16-3-5-17(20)6-4-16/h3-6,8-9,18,25H,2,7,10-15H2,1H3. The van der Waals surface area contributed by atoms with Gasteiger partial charge in [-0.3, -0.25) is 9.80 Å².